The molecule has 0 bridgehead atoms. The fourth-order valence-electron chi connectivity index (χ4n) is 3.55. The number of carbonyl (C=O) groups excluding carboxylic acids is 1. The summed E-state index contributed by atoms with van der Waals surface area (Å²) in [6.07, 6.45) is 0. The van der Waals surface area contributed by atoms with E-state index in [4.69, 9.17) is 4.74 Å². The largest absolute Gasteiger partial charge is 0.378 e. The minimum absolute atomic E-state index is 0.149. The van der Waals surface area contributed by atoms with Gasteiger partial charge in [0.1, 0.15) is 0 Å². The first-order valence-electron chi connectivity index (χ1n) is 10.1. The second-order valence-electron chi connectivity index (χ2n) is 7.11. The summed E-state index contributed by atoms with van der Waals surface area (Å²) in [6.45, 7) is 7.35. The highest BCUT2D eigenvalue weighted by Crippen LogP contribution is 2.28. The molecular formula is C21H29N3O4S2. The maximum Gasteiger partial charge on any atom is 0.256 e. The molecule has 9 heteroatoms. The van der Waals surface area contributed by atoms with Crippen LogP contribution in [0.1, 0.15) is 29.1 Å². The number of hydrogen-bond donors (Lipinski definition) is 0. The quantitative estimate of drug-likeness (QED) is 0.617. The van der Waals surface area contributed by atoms with Gasteiger partial charge in [-0.2, -0.15) is 4.31 Å². The number of hydrogen-bond acceptors (Lipinski definition) is 6. The van der Waals surface area contributed by atoms with Gasteiger partial charge in [-0.15, -0.1) is 11.3 Å². The zero-order valence-electron chi connectivity index (χ0n) is 17.7. The molecule has 1 amide bonds. The lowest BCUT2D eigenvalue weighted by Gasteiger charge is -2.31. The standard InChI is InChI=1S/C21H29N3O4S2/c1-4-24(5-2)30(26,27)18-8-9-20(23-10-12-28-13-11-23)19(15-18)21(25)22(3)16-17-7-6-14-29-17/h6-9,14-15H,4-5,10-13,16H2,1-3H3. The molecule has 0 N–H and O–H groups in total. The highest BCUT2D eigenvalue weighted by Gasteiger charge is 2.27. The van der Waals surface area contributed by atoms with Crippen molar-refractivity contribution in [2.75, 3.05) is 51.3 Å². The van der Waals surface area contributed by atoms with Crippen molar-refractivity contribution in [2.45, 2.75) is 25.3 Å². The van der Waals surface area contributed by atoms with Gasteiger partial charge in [0.05, 0.1) is 30.2 Å². The second-order valence-corrected chi connectivity index (χ2v) is 10.1. The molecule has 1 saturated heterocycles. The molecule has 1 aromatic carbocycles. The minimum Gasteiger partial charge on any atom is -0.378 e. The maximum absolute atomic E-state index is 13.4. The summed E-state index contributed by atoms with van der Waals surface area (Å²) in [4.78, 5) is 18.3. The van der Waals surface area contributed by atoms with Crippen molar-refractivity contribution in [3.63, 3.8) is 0 Å². The number of benzene rings is 1. The van der Waals surface area contributed by atoms with Crippen LogP contribution < -0.4 is 4.90 Å². The summed E-state index contributed by atoms with van der Waals surface area (Å²) in [5.74, 6) is -0.193. The lowest BCUT2D eigenvalue weighted by molar-refractivity contribution is 0.0785. The van der Waals surface area contributed by atoms with E-state index in [9.17, 15) is 13.2 Å². The summed E-state index contributed by atoms with van der Waals surface area (Å²) in [5.41, 5.74) is 1.16. The predicted molar refractivity (Wildman–Crippen MR) is 120 cm³/mol. The van der Waals surface area contributed by atoms with Gasteiger partial charge in [-0.1, -0.05) is 19.9 Å². The molecule has 0 radical (unpaired) electrons. The van der Waals surface area contributed by atoms with Crippen molar-refractivity contribution in [1.29, 1.82) is 0 Å². The number of sulfonamides is 1. The topological polar surface area (TPSA) is 70.2 Å². The number of carbonyl (C=O) groups is 1. The number of rotatable bonds is 8. The van der Waals surface area contributed by atoms with E-state index in [0.29, 0.717) is 51.5 Å². The fraction of sp³-hybridized carbons (Fsp3) is 0.476. The molecule has 1 fully saturated rings. The molecule has 2 heterocycles. The third kappa shape index (κ3) is 4.85. The maximum atomic E-state index is 13.4. The van der Waals surface area contributed by atoms with Gasteiger partial charge in [0.15, 0.2) is 0 Å². The van der Waals surface area contributed by atoms with Gasteiger partial charge in [-0.25, -0.2) is 8.42 Å². The fourth-order valence-corrected chi connectivity index (χ4v) is 5.80. The lowest BCUT2D eigenvalue weighted by Crippen LogP contribution is -2.38. The summed E-state index contributed by atoms with van der Waals surface area (Å²) >= 11 is 1.59. The Balaban J connectivity index is 2.00. The molecule has 2 aromatic rings. The molecule has 0 aliphatic carbocycles. The van der Waals surface area contributed by atoms with Crippen molar-refractivity contribution in [1.82, 2.24) is 9.21 Å². The monoisotopic (exact) mass is 451 g/mol. The van der Waals surface area contributed by atoms with Crippen LogP contribution in [0.25, 0.3) is 0 Å². The number of morpholine rings is 1. The average Bonchev–Trinajstić information content (AvgIpc) is 3.27. The molecule has 164 valence electrons. The Morgan fingerprint density at radius 3 is 2.47 bits per heavy atom. The number of amides is 1. The Hall–Kier alpha value is -1.94. The number of nitrogens with zero attached hydrogens (tertiary/aromatic N) is 3. The van der Waals surface area contributed by atoms with Crippen molar-refractivity contribution in [3.05, 3.63) is 46.2 Å². The van der Waals surface area contributed by atoms with Gasteiger partial charge in [-0.3, -0.25) is 4.79 Å². The first-order chi connectivity index (χ1) is 14.4. The Morgan fingerprint density at radius 2 is 1.87 bits per heavy atom. The normalized spacial score (nSPS) is 14.9. The van der Waals surface area contributed by atoms with E-state index in [2.05, 4.69) is 4.90 Å². The first kappa shape index (κ1) is 22.7. The van der Waals surface area contributed by atoms with E-state index in [1.54, 1.807) is 35.4 Å². The SMILES string of the molecule is CCN(CC)S(=O)(=O)c1ccc(N2CCOCC2)c(C(=O)N(C)Cc2cccs2)c1. The second kappa shape index (κ2) is 9.91. The molecule has 1 aromatic heterocycles. The molecule has 30 heavy (non-hydrogen) atoms. The highest BCUT2D eigenvalue weighted by atomic mass is 32.2. The third-order valence-electron chi connectivity index (χ3n) is 5.21. The van der Waals surface area contributed by atoms with Crippen LogP contribution in [0.5, 0.6) is 0 Å². The molecule has 0 spiro atoms. The zero-order chi connectivity index (χ0) is 21.7. The van der Waals surface area contributed by atoms with E-state index in [0.717, 1.165) is 10.6 Å². The number of anilines is 1. The first-order valence-corrected chi connectivity index (χ1v) is 12.4. The van der Waals surface area contributed by atoms with Crippen LogP contribution in [0.3, 0.4) is 0 Å². The van der Waals surface area contributed by atoms with E-state index in [-0.39, 0.29) is 10.8 Å². The highest BCUT2D eigenvalue weighted by molar-refractivity contribution is 7.89. The van der Waals surface area contributed by atoms with Gasteiger partial charge < -0.3 is 14.5 Å². The number of ether oxygens (including phenoxy) is 1. The summed E-state index contributed by atoms with van der Waals surface area (Å²) in [5, 5.41) is 1.98. The summed E-state index contributed by atoms with van der Waals surface area (Å²) < 4.78 is 32.9. The van der Waals surface area contributed by atoms with Crippen LogP contribution in [0.4, 0.5) is 5.69 Å². The minimum atomic E-state index is -3.66. The molecule has 0 unspecified atom stereocenters. The average molecular weight is 452 g/mol. The van der Waals surface area contributed by atoms with Gasteiger partial charge in [0.2, 0.25) is 10.0 Å². The Bertz CT molecular complexity index is 951. The van der Waals surface area contributed by atoms with Crippen LogP contribution in [0.2, 0.25) is 0 Å². The van der Waals surface area contributed by atoms with Crippen LogP contribution in [-0.4, -0.2) is 70.0 Å². The van der Waals surface area contributed by atoms with E-state index in [1.807, 2.05) is 31.4 Å². The van der Waals surface area contributed by atoms with E-state index in [1.165, 1.54) is 10.4 Å². The van der Waals surface area contributed by atoms with E-state index < -0.39 is 10.0 Å². The van der Waals surface area contributed by atoms with Crippen LogP contribution in [0.15, 0.2) is 40.6 Å². The summed E-state index contributed by atoms with van der Waals surface area (Å²) in [7, 11) is -1.91. The Labute approximate surface area is 182 Å². The van der Waals surface area contributed by atoms with Crippen LogP contribution in [-0.2, 0) is 21.3 Å². The van der Waals surface area contributed by atoms with Crippen molar-refractivity contribution < 1.29 is 17.9 Å². The molecular weight excluding hydrogens is 422 g/mol. The molecule has 0 saturated carbocycles. The molecule has 1 aliphatic rings. The molecule has 3 rings (SSSR count). The van der Waals surface area contributed by atoms with E-state index >= 15 is 0 Å². The Morgan fingerprint density at radius 1 is 1.17 bits per heavy atom. The number of thiophene rings is 1. The van der Waals surface area contributed by atoms with Gasteiger partial charge in [-0.05, 0) is 29.6 Å². The third-order valence-corrected chi connectivity index (χ3v) is 8.12. The van der Waals surface area contributed by atoms with Gasteiger partial charge in [0, 0.05) is 43.8 Å². The van der Waals surface area contributed by atoms with Gasteiger partial charge >= 0.3 is 0 Å². The predicted octanol–water partition coefficient (Wildman–Crippen LogP) is 2.89. The van der Waals surface area contributed by atoms with Crippen molar-refractivity contribution >= 4 is 33.0 Å². The zero-order valence-corrected chi connectivity index (χ0v) is 19.3. The Kier molecular flexibility index (Phi) is 7.51. The van der Waals surface area contributed by atoms with Crippen LogP contribution in [0, 0.1) is 0 Å². The van der Waals surface area contributed by atoms with Crippen molar-refractivity contribution in [2.24, 2.45) is 0 Å². The van der Waals surface area contributed by atoms with Gasteiger partial charge in [0.25, 0.3) is 5.91 Å². The smallest absolute Gasteiger partial charge is 0.256 e. The molecule has 1 aliphatic heterocycles. The van der Waals surface area contributed by atoms with Crippen molar-refractivity contribution in [3.8, 4) is 0 Å². The lowest BCUT2D eigenvalue weighted by atomic mass is 10.1. The summed E-state index contributed by atoms with van der Waals surface area (Å²) in [6, 6.07) is 8.83. The molecule has 0 atom stereocenters. The van der Waals surface area contributed by atoms with Crippen LogP contribution >= 0.6 is 11.3 Å². The molecule has 7 nitrogen and oxygen atoms in total.